The first-order valence-electron chi connectivity index (χ1n) is 10.2. The Hall–Kier alpha value is -2.90. The van der Waals surface area contributed by atoms with Gasteiger partial charge >= 0.3 is 0 Å². The van der Waals surface area contributed by atoms with Gasteiger partial charge in [-0.1, -0.05) is 79.4 Å². The van der Waals surface area contributed by atoms with Crippen LogP contribution in [0.25, 0.3) is 17.0 Å². The van der Waals surface area contributed by atoms with Gasteiger partial charge in [0, 0.05) is 23.7 Å². The van der Waals surface area contributed by atoms with Gasteiger partial charge in [0.1, 0.15) is 10.9 Å². The lowest BCUT2D eigenvalue weighted by Crippen LogP contribution is -2.30. The number of fused-ring (bicyclic) bond motifs is 1. The summed E-state index contributed by atoms with van der Waals surface area (Å²) in [6, 6.07) is 16.1. The Morgan fingerprint density at radius 3 is 2.65 bits per heavy atom. The summed E-state index contributed by atoms with van der Waals surface area (Å²) in [4.78, 5) is 26.9. The van der Waals surface area contributed by atoms with E-state index < -0.39 is 5.91 Å². The molecule has 0 spiro atoms. The maximum Gasteiger partial charge on any atom is 0.266 e. The van der Waals surface area contributed by atoms with E-state index in [1.165, 1.54) is 17.3 Å². The van der Waals surface area contributed by atoms with E-state index in [-0.39, 0.29) is 12.5 Å². The number of nitrogens with zero attached hydrogens (tertiary/aromatic N) is 2. The lowest BCUT2D eigenvalue weighted by Gasteiger charge is -2.14. The number of thiocarbonyl (C=S) groups is 1. The van der Waals surface area contributed by atoms with E-state index in [9.17, 15) is 9.59 Å². The van der Waals surface area contributed by atoms with Crippen molar-refractivity contribution in [3.63, 3.8) is 0 Å². The Balaban J connectivity index is 1.64. The van der Waals surface area contributed by atoms with Gasteiger partial charge in [-0.3, -0.25) is 14.5 Å². The Bertz CT molecular complexity index is 1200. The van der Waals surface area contributed by atoms with Crippen LogP contribution in [0.1, 0.15) is 23.6 Å². The van der Waals surface area contributed by atoms with Crippen LogP contribution in [-0.4, -0.2) is 32.1 Å². The molecule has 1 aromatic heterocycles. The minimum Gasteiger partial charge on any atom is -0.368 e. The number of amides is 2. The number of carbonyl (C=O) groups is 2. The molecule has 1 aliphatic heterocycles. The highest BCUT2D eigenvalue weighted by atomic mass is 32.2. The monoisotopic (exact) mass is 449 g/mol. The maximum absolute atomic E-state index is 13.1. The van der Waals surface area contributed by atoms with Crippen molar-refractivity contribution in [3.05, 3.63) is 76.3 Å². The summed E-state index contributed by atoms with van der Waals surface area (Å²) in [5.74, 6) is -0.477. The minimum absolute atomic E-state index is 0.0756. The summed E-state index contributed by atoms with van der Waals surface area (Å²) in [6.07, 6.45) is 5.35. The number of hydrogen-bond acceptors (Lipinski definition) is 4. The molecule has 0 radical (unpaired) electrons. The molecule has 1 aliphatic rings. The third-order valence-corrected chi connectivity index (χ3v) is 6.72. The molecule has 31 heavy (non-hydrogen) atoms. The average Bonchev–Trinajstić information content (AvgIpc) is 3.23. The number of aromatic nitrogens is 1. The van der Waals surface area contributed by atoms with Gasteiger partial charge in [0.25, 0.3) is 5.91 Å². The zero-order valence-corrected chi connectivity index (χ0v) is 18.8. The van der Waals surface area contributed by atoms with Crippen molar-refractivity contribution in [2.24, 2.45) is 5.73 Å². The second kappa shape index (κ2) is 9.08. The number of aryl methyl sites for hydroxylation is 1. The molecule has 4 rings (SSSR count). The van der Waals surface area contributed by atoms with Crippen molar-refractivity contribution in [1.29, 1.82) is 0 Å². The zero-order valence-electron chi connectivity index (χ0n) is 17.2. The number of carbonyl (C=O) groups excluding carboxylic acids is 2. The lowest BCUT2D eigenvalue weighted by atomic mass is 10.1. The fourth-order valence-electron chi connectivity index (χ4n) is 3.88. The molecule has 2 amide bonds. The number of nitrogens with two attached hydrogens (primary N) is 1. The summed E-state index contributed by atoms with van der Waals surface area (Å²) >= 11 is 6.81. The standard InChI is InChI=1S/C24H23N3O2S2/c1-2-17-9-6-10-19-18(14-26(22(17)19)15-21(25)28)13-20-23(29)27(24(30)31-20)12-11-16-7-4-3-5-8-16/h3-10,13-14H,2,11-12,15H2,1H3,(H2,25,28)/b20-13-. The predicted octanol–water partition coefficient (Wildman–Crippen LogP) is 4.13. The van der Waals surface area contributed by atoms with Crippen molar-refractivity contribution < 1.29 is 9.59 Å². The van der Waals surface area contributed by atoms with Gasteiger partial charge in [-0.15, -0.1) is 0 Å². The van der Waals surface area contributed by atoms with Gasteiger partial charge in [-0.25, -0.2) is 0 Å². The fourth-order valence-corrected chi connectivity index (χ4v) is 5.18. The third kappa shape index (κ3) is 4.43. The van der Waals surface area contributed by atoms with Gasteiger partial charge in [-0.2, -0.15) is 0 Å². The van der Waals surface area contributed by atoms with Crippen LogP contribution in [0.4, 0.5) is 0 Å². The van der Waals surface area contributed by atoms with E-state index in [2.05, 4.69) is 6.92 Å². The van der Waals surface area contributed by atoms with Gasteiger partial charge in [0.2, 0.25) is 5.91 Å². The van der Waals surface area contributed by atoms with Crippen LogP contribution >= 0.6 is 24.0 Å². The van der Waals surface area contributed by atoms with Crippen LogP contribution in [0.3, 0.4) is 0 Å². The van der Waals surface area contributed by atoms with Crippen molar-refractivity contribution in [1.82, 2.24) is 9.47 Å². The number of hydrogen-bond donors (Lipinski definition) is 1. The first kappa shape index (κ1) is 21.3. The van der Waals surface area contributed by atoms with Crippen LogP contribution < -0.4 is 5.73 Å². The van der Waals surface area contributed by atoms with Crippen LogP contribution in [0.5, 0.6) is 0 Å². The quantitative estimate of drug-likeness (QED) is 0.435. The number of primary amides is 1. The van der Waals surface area contributed by atoms with E-state index in [1.54, 1.807) is 4.90 Å². The highest BCUT2D eigenvalue weighted by molar-refractivity contribution is 8.26. The summed E-state index contributed by atoms with van der Waals surface area (Å²) < 4.78 is 2.45. The van der Waals surface area contributed by atoms with Gasteiger partial charge in [0.05, 0.1) is 10.4 Å². The van der Waals surface area contributed by atoms with Crippen LogP contribution in [0.15, 0.2) is 59.6 Å². The Morgan fingerprint density at radius 1 is 1.16 bits per heavy atom. The largest absolute Gasteiger partial charge is 0.368 e. The summed E-state index contributed by atoms with van der Waals surface area (Å²) in [5, 5.41) is 0.996. The number of benzene rings is 2. The molecule has 0 saturated carbocycles. The SMILES string of the molecule is CCc1cccc2c(/C=C3\SC(=S)N(CCc4ccccc4)C3=O)cn(CC(N)=O)c12. The summed E-state index contributed by atoms with van der Waals surface area (Å²) in [5.41, 5.74) is 9.63. The fraction of sp³-hybridized carbons (Fsp3) is 0.208. The first-order chi connectivity index (χ1) is 15.0. The first-order valence-corrected chi connectivity index (χ1v) is 11.4. The van der Waals surface area contributed by atoms with Crippen molar-refractivity contribution in [2.45, 2.75) is 26.3 Å². The second-order valence-electron chi connectivity index (χ2n) is 7.41. The molecule has 7 heteroatoms. The molecule has 3 aromatic rings. The van der Waals surface area contributed by atoms with Crippen molar-refractivity contribution in [2.75, 3.05) is 6.54 Å². The number of para-hydroxylation sites is 1. The molecule has 0 unspecified atom stereocenters. The highest BCUT2D eigenvalue weighted by Gasteiger charge is 2.32. The molecular weight excluding hydrogens is 426 g/mol. The van der Waals surface area contributed by atoms with Gasteiger partial charge < -0.3 is 10.3 Å². The average molecular weight is 450 g/mol. The molecule has 2 heterocycles. The van der Waals surface area contributed by atoms with E-state index >= 15 is 0 Å². The Labute approximate surface area is 190 Å². The van der Waals surface area contributed by atoms with Crippen LogP contribution in [0.2, 0.25) is 0 Å². The molecule has 0 aliphatic carbocycles. The number of rotatable bonds is 7. The molecular formula is C24H23N3O2S2. The van der Waals surface area contributed by atoms with Crippen molar-refractivity contribution >= 4 is 57.1 Å². The van der Waals surface area contributed by atoms with E-state index in [0.717, 1.165) is 34.9 Å². The lowest BCUT2D eigenvalue weighted by molar-refractivity contribution is -0.122. The van der Waals surface area contributed by atoms with E-state index in [4.69, 9.17) is 18.0 Å². The molecule has 0 bridgehead atoms. The van der Waals surface area contributed by atoms with Crippen LogP contribution in [0, 0.1) is 0 Å². The second-order valence-corrected chi connectivity index (χ2v) is 9.09. The molecule has 2 aromatic carbocycles. The molecule has 1 saturated heterocycles. The minimum atomic E-state index is -0.401. The zero-order chi connectivity index (χ0) is 22.0. The van der Waals surface area contributed by atoms with E-state index in [1.807, 2.05) is 65.4 Å². The predicted molar refractivity (Wildman–Crippen MR) is 131 cm³/mol. The van der Waals surface area contributed by atoms with Gasteiger partial charge in [-0.05, 0) is 30.0 Å². The normalized spacial score (nSPS) is 15.4. The van der Waals surface area contributed by atoms with Crippen molar-refractivity contribution in [3.8, 4) is 0 Å². The molecule has 0 atom stereocenters. The Morgan fingerprint density at radius 2 is 1.94 bits per heavy atom. The van der Waals surface area contributed by atoms with Gasteiger partial charge in [0.15, 0.2) is 0 Å². The topological polar surface area (TPSA) is 68.3 Å². The summed E-state index contributed by atoms with van der Waals surface area (Å²) in [6.45, 7) is 2.72. The third-order valence-electron chi connectivity index (χ3n) is 5.35. The molecule has 5 nitrogen and oxygen atoms in total. The van der Waals surface area contributed by atoms with E-state index in [0.29, 0.717) is 15.8 Å². The molecule has 2 N–H and O–H groups in total. The highest BCUT2D eigenvalue weighted by Crippen LogP contribution is 2.35. The molecule has 1 fully saturated rings. The smallest absolute Gasteiger partial charge is 0.266 e. The number of thioether (sulfide) groups is 1. The maximum atomic E-state index is 13.1. The molecule has 158 valence electrons. The van der Waals surface area contributed by atoms with Crippen LogP contribution in [-0.2, 0) is 29.0 Å². The Kier molecular flexibility index (Phi) is 6.25. The summed E-state index contributed by atoms with van der Waals surface area (Å²) in [7, 11) is 0.